The van der Waals surface area contributed by atoms with Crippen LogP contribution in [0.4, 0.5) is 10.1 Å². The lowest BCUT2D eigenvalue weighted by Crippen LogP contribution is -2.49. The number of nitrogens with one attached hydrogen (secondary N) is 2. The summed E-state index contributed by atoms with van der Waals surface area (Å²) < 4.78 is 14.0. The molecule has 2 aliphatic rings. The first-order chi connectivity index (χ1) is 10.1. The highest BCUT2D eigenvalue weighted by atomic mass is 79.9. The van der Waals surface area contributed by atoms with E-state index in [0.717, 1.165) is 10.2 Å². The van der Waals surface area contributed by atoms with Crippen molar-refractivity contribution in [2.24, 2.45) is 0 Å². The molecule has 1 aromatic rings. The monoisotopic (exact) mass is 349 g/mol. The zero-order valence-electron chi connectivity index (χ0n) is 11.0. The number of carbonyl (C=O) groups excluding carboxylic acids is 1. The Morgan fingerprint density at radius 1 is 1.43 bits per heavy atom. The van der Waals surface area contributed by atoms with Crippen LogP contribution in [-0.2, 0) is 4.79 Å². The molecule has 1 amide bonds. The molecule has 2 heterocycles. The molecular formula is C15H13BrFN3O. The minimum atomic E-state index is -0.293. The van der Waals surface area contributed by atoms with E-state index in [1.54, 1.807) is 29.3 Å². The van der Waals surface area contributed by atoms with Gasteiger partial charge in [-0.05, 0) is 46.3 Å². The number of carbonyl (C=O) groups is 1. The van der Waals surface area contributed by atoms with E-state index in [1.807, 2.05) is 12.2 Å². The van der Waals surface area contributed by atoms with Crippen LogP contribution in [0.15, 0.2) is 58.9 Å². The molecule has 0 unspecified atom stereocenters. The fourth-order valence-electron chi connectivity index (χ4n) is 2.20. The first-order valence-electron chi connectivity index (χ1n) is 6.46. The summed E-state index contributed by atoms with van der Waals surface area (Å²) in [4.78, 5) is 13.7. The minimum absolute atomic E-state index is 0.0870. The lowest BCUT2D eigenvalue weighted by atomic mass is 10.2. The van der Waals surface area contributed by atoms with Crippen molar-refractivity contribution in [2.75, 3.05) is 11.9 Å². The lowest BCUT2D eigenvalue weighted by molar-refractivity contribution is -0.125. The van der Waals surface area contributed by atoms with Crippen molar-refractivity contribution in [3.8, 4) is 0 Å². The van der Waals surface area contributed by atoms with Crippen molar-refractivity contribution in [1.82, 2.24) is 10.2 Å². The van der Waals surface area contributed by atoms with Crippen molar-refractivity contribution in [2.45, 2.75) is 6.17 Å². The Kier molecular flexibility index (Phi) is 3.79. The van der Waals surface area contributed by atoms with E-state index < -0.39 is 0 Å². The quantitative estimate of drug-likeness (QED) is 0.881. The fourth-order valence-corrected chi connectivity index (χ4v) is 2.58. The summed E-state index contributed by atoms with van der Waals surface area (Å²) in [6.07, 6.45) is 6.89. The maximum absolute atomic E-state index is 13.1. The summed E-state index contributed by atoms with van der Waals surface area (Å²) in [5.74, 6) is -0.380. The van der Waals surface area contributed by atoms with Crippen molar-refractivity contribution in [3.63, 3.8) is 0 Å². The van der Waals surface area contributed by atoms with E-state index >= 15 is 0 Å². The van der Waals surface area contributed by atoms with Crippen LogP contribution in [0.3, 0.4) is 0 Å². The van der Waals surface area contributed by atoms with E-state index in [2.05, 4.69) is 26.6 Å². The third-order valence-electron chi connectivity index (χ3n) is 3.19. The van der Waals surface area contributed by atoms with E-state index in [1.165, 1.54) is 12.1 Å². The maximum atomic E-state index is 13.1. The van der Waals surface area contributed by atoms with Gasteiger partial charge < -0.3 is 10.6 Å². The Bertz CT molecular complexity index is 669. The van der Waals surface area contributed by atoms with Crippen molar-refractivity contribution < 1.29 is 9.18 Å². The average Bonchev–Trinajstić information content (AvgIpc) is 2.46. The second-order valence-electron chi connectivity index (χ2n) is 4.74. The number of anilines is 1. The molecule has 0 saturated carbocycles. The van der Waals surface area contributed by atoms with Crippen LogP contribution in [0.2, 0.25) is 0 Å². The van der Waals surface area contributed by atoms with Gasteiger partial charge >= 0.3 is 0 Å². The molecule has 2 aliphatic heterocycles. The fraction of sp³-hybridized carbons (Fsp3) is 0.133. The highest BCUT2D eigenvalue weighted by Crippen LogP contribution is 2.21. The SMILES string of the molecule is O=C1C=C(CNc2cccc(F)c2)N[C@@H]2C=CC(Br)=CN12. The number of hydrogen-bond acceptors (Lipinski definition) is 3. The van der Waals surface area contributed by atoms with Gasteiger partial charge in [0.05, 0.1) is 6.54 Å². The highest BCUT2D eigenvalue weighted by Gasteiger charge is 2.26. The maximum Gasteiger partial charge on any atom is 0.254 e. The van der Waals surface area contributed by atoms with Crippen LogP contribution in [0, 0.1) is 5.82 Å². The molecular weight excluding hydrogens is 337 g/mol. The van der Waals surface area contributed by atoms with Crippen molar-refractivity contribution in [3.05, 3.63) is 64.7 Å². The summed E-state index contributed by atoms with van der Waals surface area (Å²) in [6.45, 7) is 0.429. The molecule has 1 aromatic carbocycles. The van der Waals surface area contributed by atoms with Crippen LogP contribution in [0.1, 0.15) is 0 Å². The topological polar surface area (TPSA) is 44.4 Å². The summed E-state index contributed by atoms with van der Waals surface area (Å²) in [7, 11) is 0. The molecule has 0 saturated heterocycles. The van der Waals surface area contributed by atoms with Crippen LogP contribution in [0.25, 0.3) is 0 Å². The summed E-state index contributed by atoms with van der Waals surface area (Å²) in [5, 5.41) is 6.34. The molecule has 4 nitrogen and oxygen atoms in total. The third kappa shape index (κ3) is 3.16. The predicted molar refractivity (Wildman–Crippen MR) is 82.9 cm³/mol. The largest absolute Gasteiger partial charge is 0.379 e. The third-order valence-corrected chi connectivity index (χ3v) is 3.66. The normalized spacial score (nSPS) is 20.4. The Morgan fingerprint density at radius 3 is 3.10 bits per heavy atom. The number of amides is 1. The van der Waals surface area contributed by atoms with Crippen molar-refractivity contribution >= 4 is 27.5 Å². The van der Waals surface area contributed by atoms with Crippen molar-refractivity contribution in [1.29, 1.82) is 0 Å². The molecule has 0 fully saturated rings. The number of hydrogen-bond donors (Lipinski definition) is 2. The molecule has 0 bridgehead atoms. The van der Waals surface area contributed by atoms with Gasteiger partial charge in [0, 0.05) is 28.1 Å². The van der Waals surface area contributed by atoms with Gasteiger partial charge in [0.2, 0.25) is 0 Å². The Labute approximate surface area is 130 Å². The standard InChI is InChI=1S/C15H13BrFN3O/c16-10-4-5-14-19-13(7-15(21)20(14)9-10)8-18-12-3-1-2-11(17)6-12/h1-7,9,14,18-19H,8H2/t14-/m0/s1. The van der Waals surface area contributed by atoms with Gasteiger partial charge in [-0.25, -0.2) is 4.39 Å². The number of nitrogens with zero attached hydrogens (tertiary/aromatic N) is 1. The summed E-state index contributed by atoms with van der Waals surface area (Å²) in [5.41, 5.74) is 1.44. The molecule has 6 heteroatoms. The molecule has 108 valence electrons. The molecule has 1 atom stereocenters. The predicted octanol–water partition coefficient (Wildman–Crippen LogP) is 2.69. The lowest BCUT2D eigenvalue weighted by Gasteiger charge is -2.34. The van der Waals surface area contributed by atoms with Gasteiger partial charge in [0.15, 0.2) is 0 Å². The molecule has 0 spiro atoms. The van der Waals surface area contributed by atoms with Gasteiger partial charge in [-0.15, -0.1) is 0 Å². The summed E-state index contributed by atoms with van der Waals surface area (Å²) >= 11 is 3.35. The van der Waals surface area contributed by atoms with Crippen LogP contribution < -0.4 is 10.6 Å². The highest BCUT2D eigenvalue weighted by molar-refractivity contribution is 9.11. The summed E-state index contributed by atoms with van der Waals surface area (Å²) in [6, 6.07) is 6.22. The Morgan fingerprint density at radius 2 is 2.29 bits per heavy atom. The molecule has 21 heavy (non-hydrogen) atoms. The average molecular weight is 350 g/mol. The molecule has 0 radical (unpaired) electrons. The van der Waals surface area contributed by atoms with Crippen LogP contribution in [0.5, 0.6) is 0 Å². The Balaban J connectivity index is 1.69. The number of rotatable bonds is 3. The minimum Gasteiger partial charge on any atom is -0.379 e. The van der Waals surface area contributed by atoms with Gasteiger partial charge in [-0.1, -0.05) is 6.07 Å². The van der Waals surface area contributed by atoms with Crippen LogP contribution >= 0.6 is 15.9 Å². The second kappa shape index (κ2) is 5.73. The van der Waals surface area contributed by atoms with Gasteiger partial charge in [-0.2, -0.15) is 0 Å². The number of benzene rings is 1. The number of fused-ring (bicyclic) bond motifs is 1. The first-order valence-corrected chi connectivity index (χ1v) is 7.25. The van der Waals surface area contributed by atoms with Gasteiger partial charge in [-0.3, -0.25) is 9.69 Å². The van der Waals surface area contributed by atoms with Crippen LogP contribution in [-0.4, -0.2) is 23.5 Å². The first kappa shape index (κ1) is 13.9. The zero-order valence-corrected chi connectivity index (χ0v) is 12.6. The van der Waals surface area contributed by atoms with E-state index in [9.17, 15) is 9.18 Å². The van der Waals surface area contributed by atoms with Gasteiger partial charge in [0.1, 0.15) is 12.0 Å². The molecule has 0 aromatic heterocycles. The molecule has 2 N–H and O–H groups in total. The second-order valence-corrected chi connectivity index (χ2v) is 5.66. The Hall–Kier alpha value is -2.08. The number of halogens is 2. The van der Waals surface area contributed by atoms with Gasteiger partial charge in [0.25, 0.3) is 5.91 Å². The zero-order chi connectivity index (χ0) is 14.8. The van der Waals surface area contributed by atoms with E-state index in [4.69, 9.17) is 0 Å². The molecule has 3 rings (SSSR count). The van der Waals surface area contributed by atoms with E-state index in [0.29, 0.717) is 12.2 Å². The smallest absolute Gasteiger partial charge is 0.254 e. The number of allylic oxidation sites excluding steroid dienone is 2. The molecule has 0 aliphatic carbocycles. The van der Waals surface area contributed by atoms with E-state index in [-0.39, 0.29) is 17.9 Å².